The first-order valence-corrected chi connectivity index (χ1v) is 10.2. The molecule has 1 aromatic heterocycles. The lowest BCUT2D eigenvalue weighted by Gasteiger charge is -2.36. The van der Waals surface area contributed by atoms with Gasteiger partial charge in [0.25, 0.3) is 0 Å². The average Bonchev–Trinajstić information content (AvgIpc) is 2.87. The number of aryl methyl sites for hydroxylation is 2. The smallest absolute Gasteiger partial charge is 0.140 e. The Balaban J connectivity index is 2.46. The van der Waals surface area contributed by atoms with E-state index in [1.54, 1.807) is 20.8 Å². The van der Waals surface area contributed by atoms with Crippen LogP contribution in [0.5, 0.6) is 0 Å². The summed E-state index contributed by atoms with van der Waals surface area (Å²) in [7, 11) is 0. The van der Waals surface area contributed by atoms with E-state index in [1.807, 2.05) is 20.8 Å². The van der Waals surface area contributed by atoms with Gasteiger partial charge in [-0.25, -0.2) is 8.78 Å². The van der Waals surface area contributed by atoms with E-state index in [-0.39, 0.29) is 21.2 Å². The van der Waals surface area contributed by atoms with Crippen LogP contribution in [0.3, 0.4) is 0 Å². The summed E-state index contributed by atoms with van der Waals surface area (Å²) in [5.74, 6) is -0.828. The number of aliphatic hydroxyl groups is 1. The molecule has 2 aromatic rings. The van der Waals surface area contributed by atoms with E-state index in [9.17, 15) is 13.9 Å². The van der Waals surface area contributed by atoms with Crippen LogP contribution in [0.15, 0.2) is 21.1 Å². The predicted molar refractivity (Wildman–Crippen MR) is 107 cm³/mol. The van der Waals surface area contributed by atoms with Gasteiger partial charge in [0, 0.05) is 28.4 Å². The van der Waals surface area contributed by atoms with E-state index in [2.05, 4.69) is 25.8 Å². The Morgan fingerprint density at radius 3 is 2.37 bits per heavy atom. The summed E-state index contributed by atoms with van der Waals surface area (Å²) >= 11 is 4.55. The zero-order chi connectivity index (χ0) is 20.6. The van der Waals surface area contributed by atoms with Crippen LogP contribution >= 0.6 is 27.9 Å². The van der Waals surface area contributed by atoms with Crippen molar-refractivity contribution < 1.29 is 18.4 Å². The van der Waals surface area contributed by atoms with Crippen LogP contribution < -0.4 is 4.72 Å². The van der Waals surface area contributed by atoms with Crippen molar-refractivity contribution in [3.8, 4) is 0 Å². The molecule has 2 atom stereocenters. The van der Waals surface area contributed by atoms with Crippen molar-refractivity contribution >= 4 is 27.9 Å². The lowest BCUT2D eigenvalue weighted by molar-refractivity contribution is 0.129. The van der Waals surface area contributed by atoms with E-state index >= 15 is 0 Å². The van der Waals surface area contributed by atoms with E-state index in [0.717, 1.165) is 6.07 Å². The maximum atomic E-state index is 14.7. The van der Waals surface area contributed by atoms with Crippen LogP contribution in [-0.2, 0) is 5.54 Å². The Hall–Kier alpha value is -0.960. The first-order valence-electron chi connectivity index (χ1n) is 8.55. The highest BCUT2D eigenvalue weighted by atomic mass is 79.9. The Morgan fingerprint density at radius 2 is 1.85 bits per heavy atom. The molecule has 0 aliphatic carbocycles. The van der Waals surface area contributed by atoms with Crippen LogP contribution in [0.25, 0.3) is 0 Å². The van der Waals surface area contributed by atoms with Crippen molar-refractivity contribution in [2.24, 2.45) is 0 Å². The molecule has 0 aliphatic rings. The summed E-state index contributed by atoms with van der Waals surface area (Å²) in [5.41, 5.74) is 0.462. The topological polar surface area (TPSA) is 58.3 Å². The maximum absolute atomic E-state index is 14.7. The van der Waals surface area contributed by atoms with E-state index in [0.29, 0.717) is 17.0 Å². The molecule has 150 valence electrons. The monoisotopic (exact) mass is 462 g/mol. The van der Waals surface area contributed by atoms with Crippen LogP contribution in [0.2, 0.25) is 0 Å². The Labute approximate surface area is 171 Å². The lowest BCUT2D eigenvalue weighted by atomic mass is 9.85. The van der Waals surface area contributed by atoms with Crippen molar-refractivity contribution in [2.45, 2.75) is 64.4 Å². The van der Waals surface area contributed by atoms with E-state index in [4.69, 9.17) is 4.52 Å². The molecule has 2 N–H and O–H groups in total. The number of rotatable bonds is 6. The summed E-state index contributed by atoms with van der Waals surface area (Å²) in [6, 6.07) is 2.27. The van der Waals surface area contributed by atoms with Gasteiger partial charge >= 0.3 is 0 Å². The number of aromatic nitrogens is 1. The Bertz CT molecular complexity index is 803. The number of nitrogens with one attached hydrogen (secondary N) is 1. The van der Waals surface area contributed by atoms with Gasteiger partial charge in [-0.1, -0.05) is 17.1 Å². The largest absolute Gasteiger partial charge is 0.388 e. The van der Waals surface area contributed by atoms with Crippen molar-refractivity contribution in [3.63, 3.8) is 0 Å². The molecule has 0 amide bonds. The van der Waals surface area contributed by atoms with Gasteiger partial charge in [0.05, 0.1) is 21.8 Å². The van der Waals surface area contributed by atoms with Crippen molar-refractivity contribution in [2.75, 3.05) is 0 Å². The average molecular weight is 463 g/mol. The summed E-state index contributed by atoms with van der Waals surface area (Å²) in [4.78, 5) is 0. The van der Waals surface area contributed by atoms with E-state index < -0.39 is 23.3 Å². The molecule has 8 heteroatoms. The summed E-state index contributed by atoms with van der Waals surface area (Å²) < 4.78 is 36.9. The standard InChI is InChI=1S/C19H25BrF2N2O2S/c1-10-17(11(2)26-23-10)16(25)9-19(6,24-27-18(3,4)5)12-7-13(20)15(22)8-14(12)21/h7-8,16,24-25H,9H2,1-6H3/t16?,19-/m0/s1. The zero-order valence-corrected chi connectivity index (χ0v) is 18.7. The molecule has 2 rings (SSSR count). The fourth-order valence-electron chi connectivity index (χ4n) is 2.87. The highest BCUT2D eigenvalue weighted by molar-refractivity contribution is 9.10. The molecule has 0 spiro atoms. The molecule has 4 nitrogen and oxygen atoms in total. The SMILES string of the molecule is Cc1noc(C)c1C(O)C[C@](C)(NSC(C)(C)C)c1cc(Br)c(F)cc1F. The minimum atomic E-state index is -0.978. The number of hydrogen-bond acceptors (Lipinski definition) is 5. The van der Waals surface area contributed by atoms with Gasteiger partial charge in [-0.05, 0) is 63.5 Å². The van der Waals surface area contributed by atoms with E-state index in [1.165, 1.54) is 18.0 Å². The van der Waals surface area contributed by atoms with Crippen molar-refractivity contribution in [1.29, 1.82) is 0 Å². The summed E-state index contributed by atoms with van der Waals surface area (Å²) in [5, 5.41) is 14.7. The molecular weight excluding hydrogens is 438 g/mol. The molecule has 0 saturated heterocycles. The highest BCUT2D eigenvalue weighted by Gasteiger charge is 2.36. The third-order valence-corrected chi connectivity index (χ3v) is 5.98. The first kappa shape index (κ1) is 22.3. The van der Waals surface area contributed by atoms with Gasteiger partial charge in [0.2, 0.25) is 0 Å². The van der Waals surface area contributed by atoms with Crippen molar-refractivity contribution in [1.82, 2.24) is 9.88 Å². The lowest BCUT2D eigenvalue weighted by Crippen LogP contribution is -2.40. The highest BCUT2D eigenvalue weighted by Crippen LogP contribution is 2.39. The summed E-state index contributed by atoms with van der Waals surface area (Å²) in [6.45, 7) is 11.3. The van der Waals surface area contributed by atoms with Gasteiger partial charge in [0.15, 0.2) is 0 Å². The number of halogens is 3. The fraction of sp³-hybridized carbons (Fsp3) is 0.526. The maximum Gasteiger partial charge on any atom is 0.140 e. The van der Waals surface area contributed by atoms with Crippen LogP contribution in [-0.4, -0.2) is 15.0 Å². The number of nitrogens with zero attached hydrogens (tertiary/aromatic N) is 1. The summed E-state index contributed by atoms with van der Waals surface area (Å²) in [6.07, 6.45) is -0.786. The third kappa shape index (κ3) is 5.31. The molecule has 0 radical (unpaired) electrons. The third-order valence-electron chi connectivity index (χ3n) is 4.21. The molecule has 1 heterocycles. The first-order chi connectivity index (χ1) is 12.3. The van der Waals surface area contributed by atoms with Gasteiger partial charge in [-0.3, -0.25) is 4.72 Å². The second-order valence-corrected chi connectivity index (χ2v) is 10.3. The predicted octanol–water partition coefficient (Wildman–Crippen LogP) is 5.71. The second kappa shape index (κ2) is 8.19. The fourth-order valence-corrected chi connectivity index (χ4v) is 3.94. The zero-order valence-electron chi connectivity index (χ0n) is 16.3. The van der Waals surface area contributed by atoms with Crippen LogP contribution in [0.4, 0.5) is 8.78 Å². The van der Waals surface area contributed by atoms with Gasteiger partial charge < -0.3 is 9.63 Å². The molecule has 27 heavy (non-hydrogen) atoms. The number of aliphatic hydroxyl groups excluding tert-OH is 1. The molecule has 0 saturated carbocycles. The van der Waals surface area contributed by atoms with Crippen LogP contribution in [0.1, 0.15) is 62.8 Å². The molecule has 0 bridgehead atoms. The Morgan fingerprint density at radius 1 is 1.22 bits per heavy atom. The molecule has 0 aliphatic heterocycles. The quantitative estimate of drug-likeness (QED) is 0.425. The minimum Gasteiger partial charge on any atom is -0.388 e. The van der Waals surface area contributed by atoms with Crippen LogP contribution in [0, 0.1) is 25.5 Å². The second-order valence-electron chi connectivity index (χ2n) is 7.85. The number of hydrogen-bond donors (Lipinski definition) is 2. The van der Waals surface area contributed by atoms with Gasteiger partial charge in [0.1, 0.15) is 17.4 Å². The normalized spacial score (nSPS) is 15.6. The van der Waals surface area contributed by atoms with Gasteiger partial charge in [-0.15, -0.1) is 0 Å². The molecule has 0 fully saturated rings. The van der Waals surface area contributed by atoms with Gasteiger partial charge in [-0.2, -0.15) is 0 Å². The number of benzene rings is 1. The molecular formula is C19H25BrF2N2O2S. The minimum absolute atomic E-state index is 0.147. The molecule has 1 unspecified atom stereocenters. The Kier molecular flexibility index (Phi) is 6.77. The van der Waals surface area contributed by atoms with Crippen molar-refractivity contribution in [3.05, 3.63) is 50.8 Å². The molecule has 1 aromatic carbocycles.